The molecule has 0 amide bonds. The number of hydrogen-bond donors (Lipinski definition) is 2. The molecule has 3 N–H and O–H groups in total. The number of oxime groups is 1. The first kappa shape index (κ1) is 12.3. The third kappa shape index (κ3) is 2.13. The van der Waals surface area contributed by atoms with E-state index in [1.807, 2.05) is 0 Å². The smallest absolute Gasteiger partial charge is 0.172 e. The summed E-state index contributed by atoms with van der Waals surface area (Å²) in [4.78, 5) is 2.24. The number of nitrogens with zero attached hydrogens (tertiary/aromatic N) is 2. The predicted octanol–water partition coefficient (Wildman–Crippen LogP) is 2.16. The van der Waals surface area contributed by atoms with E-state index in [0.29, 0.717) is 5.56 Å². The largest absolute Gasteiger partial charge is 0.409 e. The van der Waals surface area contributed by atoms with E-state index in [2.05, 4.69) is 10.1 Å². The zero-order chi connectivity index (χ0) is 13.4. The fraction of sp³-hybridized carbons (Fsp3) is 0.500. The quantitative estimate of drug-likeness (QED) is 0.372. The third-order valence-corrected chi connectivity index (χ3v) is 4.41. The Bertz CT molecular complexity index is 505. The van der Waals surface area contributed by atoms with Crippen LogP contribution in [0.15, 0.2) is 23.4 Å². The predicted molar refractivity (Wildman–Crippen MR) is 72.0 cm³/mol. The van der Waals surface area contributed by atoms with Gasteiger partial charge in [0, 0.05) is 24.3 Å². The summed E-state index contributed by atoms with van der Waals surface area (Å²) < 4.78 is 13.4. The molecule has 102 valence electrons. The van der Waals surface area contributed by atoms with Gasteiger partial charge >= 0.3 is 0 Å². The van der Waals surface area contributed by atoms with Crippen LogP contribution in [0.3, 0.4) is 0 Å². The Balaban J connectivity index is 1.92. The van der Waals surface area contributed by atoms with Crippen LogP contribution in [0, 0.1) is 17.7 Å². The van der Waals surface area contributed by atoms with Gasteiger partial charge in [0.2, 0.25) is 0 Å². The summed E-state index contributed by atoms with van der Waals surface area (Å²) in [5.41, 5.74) is 7.00. The van der Waals surface area contributed by atoms with Gasteiger partial charge in [-0.3, -0.25) is 0 Å². The van der Waals surface area contributed by atoms with E-state index in [0.717, 1.165) is 30.6 Å². The van der Waals surface area contributed by atoms with E-state index >= 15 is 0 Å². The number of fused-ring (bicyclic) bond motifs is 1. The summed E-state index contributed by atoms with van der Waals surface area (Å²) in [6, 6.07) is 4.49. The van der Waals surface area contributed by atoms with Gasteiger partial charge in [0.15, 0.2) is 5.84 Å². The lowest BCUT2D eigenvalue weighted by Gasteiger charge is -2.22. The van der Waals surface area contributed by atoms with Crippen molar-refractivity contribution in [2.24, 2.45) is 22.7 Å². The molecule has 1 saturated carbocycles. The van der Waals surface area contributed by atoms with Crippen molar-refractivity contribution in [3.8, 4) is 0 Å². The number of rotatable bonds is 2. The Morgan fingerprint density at radius 1 is 1.32 bits per heavy atom. The molecule has 2 aliphatic rings. The summed E-state index contributed by atoms with van der Waals surface area (Å²) in [7, 11) is 0. The molecule has 2 atom stereocenters. The molecule has 5 heteroatoms. The van der Waals surface area contributed by atoms with E-state index in [4.69, 9.17) is 10.9 Å². The maximum Gasteiger partial charge on any atom is 0.172 e. The highest BCUT2D eigenvalue weighted by Crippen LogP contribution is 2.40. The van der Waals surface area contributed by atoms with Crippen molar-refractivity contribution in [1.29, 1.82) is 0 Å². The summed E-state index contributed by atoms with van der Waals surface area (Å²) in [6.07, 6.45) is 3.88. The zero-order valence-corrected chi connectivity index (χ0v) is 10.7. The molecular formula is C14H18FN3O. The normalized spacial score (nSPS) is 26.8. The molecule has 0 radical (unpaired) electrons. The number of anilines is 1. The standard InChI is InChI=1S/C14H18FN3O/c15-11-4-5-13(12(6-11)14(16)17-19)18-7-9-2-1-3-10(9)8-18/h4-6,9-10,19H,1-3,7-8H2,(H2,16,17). The topological polar surface area (TPSA) is 61.9 Å². The Morgan fingerprint density at radius 2 is 2.00 bits per heavy atom. The Labute approximate surface area is 111 Å². The molecule has 0 aromatic heterocycles. The number of amidine groups is 1. The Kier molecular flexibility index (Phi) is 3.05. The maximum absolute atomic E-state index is 13.4. The fourth-order valence-electron chi connectivity index (χ4n) is 3.47. The number of hydrogen-bond acceptors (Lipinski definition) is 3. The van der Waals surface area contributed by atoms with Crippen molar-refractivity contribution in [3.63, 3.8) is 0 Å². The maximum atomic E-state index is 13.4. The van der Waals surface area contributed by atoms with Crippen molar-refractivity contribution in [3.05, 3.63) is 29.6 Å². The van der Waals surface area contributed by atoms with Gasteiger partial charge in [-0.1, -0.05) is 11.6 Å². The minimum atomic E-state index is -0.371. The number of halogens is 1. The lowest BCUT2D eigenvalue weighted by atomic mass is 10.0. The molecule has 1 aromatic carbocycles. The molecule has 0 bridgehead atoms. The molecule has 19 heavy (non-hydrogen) atoms. The van der Waals surface area contributed by atoms with E-state index in [-0.39, 0.29) is 11.7 Å². The van der Waals surface area contributed by atoms with Crippen molar-refractivity contribution in [1.82, 2.24) is 0 Å². The van der Waals surface area contributed by atoms with Crippen LogP contribution in [-0.2, 0) is 0 Å². The minimum Gasteiger partial charge on any atom is -0.409 e. The van der Waals surface area contributed by atoms with Crippen molar-refractivity contribution in [2.75, 3.05) is 18.0 Å². The van der Waals surface area contributed by atoms with Crippen LogP contribution in [0.4, 0.5) is 10.1 Å². The lowest BCUT2D eigenvalue weighted by molar-refractivity contribution is 0.318. The number of benzene rings is 1. The van der Waals surface area contributed by atoms with Gasteiger partial charge in [0.1, 0.15) is 5.82 Å². The second kappa shape index (κ2) is 4.72. The first-order chi connectivity index (χ1) is 9.19. The third-order valence-electron chi connectivity index (χ3n) is 4.41. The highest BCUT2D eigenvalue weighted by molar-refractivity contribution is 6.02. The lowest BCUT2D eigenvalue weighted by Crippen LogP contribution is -2.25. The minimum absolute atomic E-state index is 0.0356. The summed E-state index contributed by atoms with van der Waals surface area (Å²) in [5, 5.41) is 11.8. The highest BCUT2D eigenvalue weighted by atomic mass is 19.1. The van der Waals surface area contributed by atoms with Crippen LogP contribution in [-0.4, -0.2) is 24.1 Å². The van der Waals surface area contributed by atoms with Crippen molar-refractivity contribution in [2.45, 2.75) is 19.3 Å². The van der Waals surface area contributed by atoms with Gasteiger partial charge in [-0.2, -0.15) is 0 Å². The van der Waals surface area contributed by atoms with E-state index in [1.54, 1.807) is 6.07 Å². The summed E-state index contributed by atoms with van der Waals surface area (Å²) in [6.45, 7) is 1.98. The molecule has 2 fully saturated rings. The zero-order valence-electron chi connectivity index (χ0n) is 10.7. The molecule has 2 unspecified atom stereocenters. The van der Waals surface area contributed by atoms with Gasteiger partial charge in [0.05, 0.1) is 0 Å². The summed E-state index contributed by atoms with van der Waals surface area (Å²) in [5.74, 6) is 1.08. The van der Waals surface area contributed by atoms with Gasteiger partial charge in [0.25, 0.3) is 0 Å². The molecule has 0 spiro atoms. The van der Waals surface area contributed by atoms with Crippen LogP contribution in [0.1, 0.15) is 24.8 Å². The van der Waals surface area contributed by atoms with Crippen LogP contribution >= 0.6 is 0 Å². The molecule has 4 nitrogen and oxygen atoms in total. The second-order valence-corrected chi connectivity index (χ2v) is 5.50. The monoisotopic (exact) mass is 263 g/mol. The van der Waals surface area contributed by atoms with E-state index in [1.165, 1.54) is 31.4 Å². The van der Waals surface area contributed by atoms with Crippen LogP contribution < -0.4 is 10.6 Å². The number of nitrogens with two attached hydrogens (primary N) is 1. The van der Waals surface area contributed by atoms with E-state index < -0.39 is 0 Å². The van der Waals surface area contributed by atoms with Gasteiger partial charge in [-0.25, -0.2) is 4.39 Å². The average molecular weight is 263 g/mol. The molecule has 1 heterocycles. The molecule has 1 aliphatic carbocycles. The first-order valence-electron chi connectivity index (χ1n) is 6.71. The fourth-order valence-corrected chi connectivity index (χ4v) is 3.47. The average Bonchev–Trinajstić information content (AvgIpc) is 2.98. The SMILES string of the molecule is N/C(=N/O)c1cc(F)ccc1N1CC2CCCC2C1. The second-order valence-electron chi connectivity index (χ2n) is 5.50. The Hall–Kier alpha value is -1.78. The first-order valence-corrected chi connectivity index (χ1v) is 6.71. The molecule has 3 rings (SSSR count). The Morgan fingerprint density at radius 3 is 2.63 bits per heavy atom. The van der Waals surface area contributed by atoms with Gasteiger partial charge < -0.3 is 15.8 Å². The van der Waals surface area contributed by atoms with E-state index in [9.17, 15) is 4.39 Å². The van der Waals surface area contributed by atoms with Gasteiger partial charge in [-0.15, -0.1) is 0 Å². The van der Waals surface area contributed by atoms with Crippen LogP contribution in [0.25, 0.3) is 0 Å². The molecule has 1 saturated heterocycles. The van der Waals surface area contributed by atoms with Crippen molar-refractivity contribution >= 4 is 11.5 Å². The molecule has 1 aliphatic heterocycles. The van der Waals surface area contributed by atoms with Gasteiger partial charge in [-0.05, 0) is 42.9 Å². The molecular weight excluding hydrogens is 245 g/mol. The van der Waals surface area contributed by atoms with Crippen LogP contribution in [0.5, 0.6) is 0 Å². The molecule has 1 aromatic rings. The van der Waals surface area contributed by atoms with Crippen LogP contribution in [0.2, 0.25) is 0 Å². The summed E-state index contributed by atoms with van der Waals surface area (Å²) >= 11 is 0. The highest BCUT2D eigenvalue weighted by Gasteiger charge is 2.36. The van der Waals surface area contributed by atoms with Crippen molar-refractivity contribution < 1.29 is 9.60 Å².